The molecule has 0 radical (unpaired) electrons. The molecule has 0 atom stereocenters. The Morgan fingerprint density at radius 1 is 1.45 bits per heavy atom. The van der Waals surface area contributed by atoms with E-state index in [0.29, 0.717) is 11.3 Å². The molecule has 20 heavy (non-hydrogen) atoms. The number of rotatable bonds is 3. The molecule has 2 aromatic rings. The van der Waals surface area contributed by atoms with Crippen molar-refractivity contribution >= 4 is 15.7 Å². The average Bonchev–Trinajstić information content (AvgIpc) is 2.84. The lowest BCUT2D eigenvalue weighted by atomic mass is 10.2. The summed E-state index contributed by atoms with van der Waals surface area (Å²) in [6.45, 7) is 0.254. The van der Waals surface area contributed by atoms with Crippen LogP contribution in [0, 0.1) is 11.8 Å². The number of imidazole rings is 1. The summed E-state index contributed by atoms with van der Waals surface area (Å²) in [6.07, 6.45) is 2.86. The number of aromatic nitrogens is 2. The van der Waals surface area contributed by atoms with Crippen molar-refractivity contribution in [3.8, 4) is 11.8 Å². The van der Waals surface area contributed by atoms with Gasteiger partial charge in [0.1, 0.15) is 0 Å². The Morgan fingerprint density at radius 2 is 2.25 bits per heavy atom. The maximum atomic E-state index is 12.1. The Bertz CT molecular complexity index is 769. The third kappa shape index (κ3) is 3.38. The second-order valence-corrected chi connectivity index (χ2v) is 5.70. The van der Waals surface area contributed by atoms with Crippen LogP contribution in [0.25, 0.3) is 0 Å². The molecule has 0 bridgehead atoms. The number of hydrogen-bond donors (Lipinski definition) is 2. The van der Waals surface area contributed by atoms with Crippen LogP contribution in [-0.2, 0) is 17.1 Å². The monoisotopic (exact) mass is 290 g/mol. The van der Waals surface area contributed by atoms with E-state index in [4.69, 9.17) is 5.73 Å². The van der Waals surface area contributed by atoms with Crippen LogP contribution in [-0.4, -0.2) is 24.5 Å². The number of anilines is 1. The highest BCUT2D eigenvalue weighted by Gasteiger charge is 2.16. The standard InChI is InChI=1S/C13H14N4O2S/c1-17-9-13(15-10-17)20(18,19)16-12-6-2-4-11(8-12)5-3-7-14/h2,4,6,8-10,16H,7,14H2,1H3. The Kier molecular flexibility index (Phi) is 4.08. The summed E-state index contributed by atoms with van der Waals surface area (Å²) in [6, 6.07) is 6.79. The molecule has 3 N–H and O–H groups in total. The lowest BCUT2D eigenvalue weighted by Gasteiger charge is -2.05. The summed E-state index contributed by atoms with van der Waals surface area (Å²) < 4.78 is 28.2. The van der Waals surface area contributed by atoms with Gasteiger partial charge in [-0.3, -0.25) is 4.72 Å². The summed E-state index contributed by atoms with van der Waals surface area (Å²) in [4.78, 5) is 3.82. The van der Waals surface area contributed by atoms with Gasteiger partial charge in [0.15, 0.2) is 5.03 Å². The molecule has 0 amide bonds. The third-order valence-corrected chi connectivity index (χ3v) is 3.67. The van der Waals surface area contributed by atoms with Gasteiger partial charge in [-0.15, -0.1) is 0 Å². The second-order valence-electron chi connectivity index (χ2n) is 4.07. The van der Waals surface area contributed by atoms with Crippen LogP contribution in [0.5, 0.6) is 0 Å². The number of nitrogens with two attached hydrogens (primary N) is 1. The Labute approximate surface area is 117 Å². The van der Waals surface area contributed by atoms with Gasteiger partial charge in [-0.1, -0.05) is 17.9 Å². The molecule has 1 aromatic heterocycles. The highest BCUT2D eigenvalue weighted by molar-refractivity contribution is 7.92. The highest BCUT2D eigenvalue weighted by atomic mass is 32.2. The van der Waals surface area contributed by atoms with Crippen LogP contribution in [0.2, 0.25) is 0 Å². The zero-order chi connectivity index (χ0) is 14.6. The maximum absolute atomic E-state index is 12.1. The molecule has 0 unspecified atom stereocenters. The first-order valence-electron chi connectivity index (χ1n) is 5.81. The number of benzene rings is 1. The number of sulfonamides is 1. The van der Waals surface area contributed by atoms with E-state index in [9.17, 15) is 8.42 Å². The molecule has 7 heteroatoms. The minimum Gasteiger partial charge on any atom is -0.339 e. The van der Waals surface area contributed by atoms with Gasteiger partial charge in [-0.05, 0) is 18.2 Å². The van der Waals surface area contributed by atoms with Crippen molar-refractivity contribution in [3.05, 3.63) is 42.4 Å². The topological polar surface area (TPSA) is 90.0 Å². The molecule has 6 nitrogen and oxygen atoms in total. The molecule has 0 aliphatic carbocycles. The Balaban J connectivity index is 2.25. The van der Waals surface area contributed by atoms with Gasteiger partial charge in [0.2, 0.25) is 0 Å². The van der Waals surface area contributed by atoms with Crippen molar-refractivity contribution < 1.29 is 8.42 Å². The first-order chi connectivity index (χ1) is 9.51. The molecular weight excluding hydrogens is 276 g/mol. The van der Waals surface area contributed by atoms with Gasteiger partial charge in [0, 0.05) is 18.8 Å². The van der Waals surface area contributed by atoms with Crippen LogP contribution < -0.4 is 10.5 Å². The molecule has 1 heterocycles. The van der Waals surface area contributed by atoms with E-state index >= 15 is 0 Å². The molecule has 0 saturated heterocycles. The summed E-state index contributed by atoms with van der Waals surface area (Å²) in [7, 11) is -1.98. The van der Waals surface area contributed by atoms with Crippen LogP contribution >= 0.6 is 0 Å². The van der Waals surface area contributed by atoms with Gasteiger partial charge >= 0.3 is 0 Å². The van der Waals surface area contributed by atoms with Crippen molar-refractivity contribution in [1.82, 2.24) is 9.55 Å². The molecule has 0 saturated carbocycles. The SMILES string of the molecule is Cn1cnc(S(=O)(=O)Nc2cccc(C#CCN)c2)c1. The zero-order valence-corrected chi connectivity index (χ0v) is 11.7. The van der Waals surface area contributed by atoms with E-state index in [-0.39, 0.29) is 11.6 Å². The van der Waals surface area contributed by atoms with Gasteiger partial charge < -0.3 is 10.3 Å². The summed E-state index contributed by atoms with van der Waals surface area (Å²) in [5.74, 6) is 5.56. The smallest absolute Gasteiger partial charge is 0.280 e. The third-order valence-electron chi connectivity index (χ3n) is 2.41. The molecule has 1 aromatic carbocycles. The lowest BCUT2D eigenvalue weighted by molar-refractivity contribution is 0.598. The summed E-state index contributed by atoms with van der Waals surface area (Å²) in [5.41, 5.74) is 6.42. The van der Waals surface area contributed by atoms with E-state index in [2.05, 4.69) is 21.5 Å². The van der Waals surface area contributed by atoms with Crippen LogP contribution in [0.1, 0.15) is 5.56 Å². The Morgan fingerprint density at radius 3 is 2.90 bits per heavy atom. The maximum Gasteiger partial charge on any atom is 0.280 e. The molecule has 0 aliphatic heterocycles. The van der Waals surface area contributed by atoms with Crippen LogP contribution in [0.4, 0.5) is 5.69 Å². The number of nitrogens with zero attached hydrogens (tertiary/aromatic N) is 2. The van der Waals surface area contributed by atoms with E-state index in [0.717, 1.165) is 0 Å². The van der Waals surface area contributed by atoms with E-state index in [1.54, 1.807) is 35.9 Å². The molecule has 0 aliphatic rings. The predicted molar refractivity (Wildman–Crippen MR) is 76.4 cm³/mol. The zero-order valence-electron chi connectivity index (χ0n) is 10.9. The molecule has 0 fully saturated rings. The fraction of sp³-hybridized carbons (Fsp3) is 0.154. The van der Waals surface area contributed by atoms with Gasteiger partial charge in [-0.25, -0.2) is 4.98 Å². The molecule has 2 rings (SSSR count). The normalized spacial score (nSPS) is 10.7. The van der Waals surface area contributed by atoms with Crippen molar-refractivity contribution in [3.63, 3.8) is 0 Å². The largest absolute Gasteiger partial charge is 0.339 e. The van der Waals surface area contributed by atoms with Crippen molar-refractivity contribution in [2.24, 2.45) is 12.8 Å². The number of hydrogen-bond acceptors (Lipinski definition) is 4. The highest BCUT2D eigenvalue weighted by Crippen LogP contribution is 2.15. The number of aryl methyl sites for hydroxylation is 1. The second kappa shape index (κ2) is 5.77. The summed E-state index contributed by atoms with van der Waals surface area (Å²) in [5, 5.41) is -0.0292. The first-order valence-corrected chi connectivity index (χ1v) is 7.29. The molecule has 0 spiro atoms. The van der Waals surface area contributed by atoms with E-state index < -0.39 is 10.0 Å². The van der Waals surface area contributed by atoms with Gasteiger partial charge in [0.25, 0.3) is 10.0 Å². The quantitative estimate of drug-likeness (QED) is 0.807. The van der Waals surface area contributed by atoms with E-state index in [1.807, 2.05) is 0 Å². The molecular formula is C13H14N4O2S. The average molecular weight is 290 g/mol. The van der Waals surface area contributed by atoms with Crippen LogP contribution in [0.3, 0.4) is 0 Å². The fourth-order valence-electron chi connectivity index (χ4n) is 1.55. The van der Waals surface area contributed by atoms with E-state index in [1.165, 1.54) is 12.5 Å². The molecule has 104 valence electrons. The lowest BCUT2D eigenvalue weighted by Crippen LogP contribution is -2.13. The number of nitrogens with one attached hydrogen (secondary N) is 1. The van der Waals surface area contributed by atoms with Crippen molar-refractivity contribution in [1.29, 1.82) is 0 Å². The predicted octanol–water partition coefficient (Wildman–Crippen LogP) is 0.531. The van der Waals surface area contributed by atoms with Gasteiger partial charge in [0.05, 0.1) is 18.6 Å². The first kappa shape index (κ1) is 14.1. The van der Waals surface area contributed by atoms with Crippen molar-refractivity contribution in [2.45, 2.75) is 5.03 Å². The fourth-order valence-corrected chi connectivity index (χ4v) is 2.58. The summed E-state index contributed by atoms with van der Waals surface area (Å²) >= 11 is 0. The van der Waals surface area contributed by atoms with Crippen LogP contribution in [0.15, 0.2) is 41.8 Å². The Hall–Kier alpha value is -2.30. The van der Waals surface area contributed by atoms with Crippen molar-refractivity contribution in [2.75, 3.05) is 11.3 Å². The van der Waals surface area contributed by atoms with Gasteiger partial charge in [-0.2, -0.15) is 8.42 Å². The minimum absolute atomic E-state index is 0.0292. The minimum atomic E-state index is -3.68.